The fourth-order valence-electron chi connectivity index (χ4n) is 2.33. The number of hydrogen-bond donors (Lipinski definition) is 1. The molecule has 14 heavy (non-hydrogen) atoms. The lowest BCUT2D eigenvalue weighted by Gasteiger charge is -2.25. The van der Waals surface area contributed by atoms with E-state index < -0.39 is 0 Å². The van der Waals surface area contributed by atoms with Crippen molar-refractivity contribution in [1.29, 1.82) is 0 Å². The van der Waals surface area contributed by atoms with Crippen LogP contribution >= 0.6 is 0 Å². The molecule has 0 aliphatic carbocycles. The Morgan fingerprint density at radius 3 is 2.93 bits per heavy atom. The van der Waals surface area contributed by atoms with E-state index in [1.54, 1.807) is 0 Å². The second-order valence-corrected chi connectivity index (χ2v) is 4.07. The maximum Gasteiger partial charge on any atom is 0.251 e. The predicted octanol–water partition coefficient (Wildman–Crippen LogP) is 0.115. The van der Waals surface area contributed by atoms with Gasteiger partial charge in [-0.3, -0.25) is 4.79 Å². The molecule has 0 aromatic carbocycles. The molecule has 1 amide bonds. The zero-order chi connectivity index (χ0) is 9.97. The van der Waals surface area contributed by atoms with Gasteiger partial charge >= 0.3 is 0 Å². The highest BCUT2D eigenvalue weighted by Gasteiger charge is 2.34. The number of nitrogens with zero attached hydrogens (tertiary/aromatic N) is 1. The van der Waals surface area contributed by atoms with Crippen LogP contribution in [0.15, 0.2) is 0 Å². The Hall–Kier alpha value is -0.610. The summed E-state index contributed by atoms with van der Waals surface area (Å²) in [5, 5.41) is 0. The van der Waals surface area contributed by atoms with Crippen molar-refractivity contribution in [2.24, 2.45) is 5.73 Å². The molecule has 0 bridgehead atoms. The van der Waals surface area contributed by atoms with Gasteiger partial charge in [-0.1, -0.05) is 0 Å². The van der Waals surface area contributed by atoms with Crippen molar-refractivity contribution in [2.45, 2.75) is 37.8 Å². The molecule has 0 saturated carbocycles. The minimum atomic E-state index is -0.179. The second-order valence-electron chi connectivity index (χ2n) is 4.07. The molecular weight excluding hydrogens is 180 g/mol. The fourth-order valence-corrected chi connectivity index (χ4v) is 2.33. The van der Waals surface area contributed by atoms with Crippen LogP contribution in [-0.2, 0) is 9.53 Å². The minimum Gasteiger partial charge on any atom is -0.368 e. The predicted molar refractivity (Wildman–Crippen MR) is 52.8 cm³/mol. The van der Waals surface area contributed by atoms with Gasteiger partial charge in [-0.15, -0.1) is 0 Å². The molecule has 0 aromatic heterocycles. The summed E-state index contributed by atoms with van der Waals surface area (Å²) in [5.41, 5.74) is 5.63. The van der Waals surface area contributed by atoms with Crippen molar-refractivity contribution in [3.63, 3.8) is 0 Å². The van der Waals surface area contributed by atoms with Crippen molar-refractivity contribution in [1.82, 2.24) is 4.90 Å². The first kappa shape index (κ1) is 9.93. The first-order valence-electron chi connectivity index (χ1n) is 5.45. The van der Waals surface area contributed by atoms with E-state index in [9.17, 15) is 4.79 Å². The largest absolute Gasteiger partial charge is 0.368 e. The van der Waals surface area contributed by atoms with E-state index in [0.29, 0.717) is 6.54 Å². The molecule has 1 unspecified atom stereocenters. The lowest BCUT2D eigenvalue weighted by molar-refractivity contribution is -0.141. The number of hydrogen-bond acceptors (Lipinski definition) is 3. The first-order valence-corrected chi connectivity index (χ1v) is 5.45. The van der Waals surface area contributed by atoms with E-state index in [1.165, 1.54) is 0 Å². The zero-order valence-electron chi connectivity index (χ0n) is 8.45. The number of ether oxygens (including phenoxy) is 1. The third-order valence-electron chi connectivity index (χ3n) is 3.14. The Balaban J connectivity index is 1.95. The number of carbonyl (C=O) groups is 1. The van der Waals surface area contributed by atoms with Crippen LogP contribution in [0.4, 0.5) is 0 Å². The summed E-state index contributed by atoms with van der Waals surface area (Å²) in [7, 11) is 0. The van der Waals surface area contributed by atoms with Crippen LogP contribution in [0.1, 0.15) is 25.7 Å². The SMILES string of the molecule is NC[C@@H]1CCCN1C(=O)C1CCCO1. The topological polar surface area (TPSA) is 55.6 Å². The smallest absolute Gasteiger partial charge is 0.251 e. The normalized spacial score (nSPS) is 32.5. The van der Waals surface area contributed by atoms with Crippen LogP contribution in [0.2, 0.25) is 0 Å². The maximum atomic E-state index is 12.0. The summed E-state index contributed by atoms with van der Waals surface area (Å²) in [6, 6.07) is 0.256. The molecule has 0 radical (unpaired) electrons. The van der Waals surface area contributed by atoms with Crippen molar-refractivity contribution < 1.29 is 9.53 Å². The third kappa shape index (κ3) is 1.77. The molecule has 2 aliphatic rings. The van der Waals surface area contributed by atoms with E-state index in [0.717, 1.165) is 38.8 Å². The van der Waals surface area contributed by atoms with Gasteiger partial charge in [-0.2, -0.15) is 0 Å². The van der Waals surface area contributed by atoms with Crippen LogP contribution in [0.3, 0.4) is 0 Å². The summed E-state index contributed by atoms with van der Waals surface area (Å²) in [4.78, 5) is 13.9. The average molecular weight is 198 g/mol. The van der Waals surface area contributed by atoms with Gasteiger partial charge in [0.25, 0.3) is 5.91 Å². The Labute approximate surface area is 84.4 Å². The molecule has 0 aromatic rings. The molecule has 2 aliphatic heterocycles. The van der Waals surface area contributed by atoms with Gasteiger partial charge in [0, 0.05) is 25.7 Å². The summed E-state index contributed by atoms with van der Waals surface area (Å²) in [6.45, 7) is 2.18. The fraction of sp³-hybridized carbons (Fsp3) is 0.900. The van der Waals surface area contributed by atoms with Crippen LogP contribution in [0.25, 0.3) is 0 Å². The van der Waals surface area contributed by atoms with Crippen molar-refractivity contribution in [3.8, 4) is 0 Å². The van der Waals surface area contributed by atoms with Gasteiger partial charge in [0.05, 0.1) is 0 Å². The molecule has 2 saturated heterocycles. The van der Waals surface area contributed by atoms with Gasteiger partial charge < -0.3 is 15.4 Å². The lowest BCUT2D eigenvalue weighted by Crippen LogP contribution is -2.44. The van der Waals surface area contributed by atoms with Crippen molar-refractivity contribution in [3.05, 3.63) is 0 Å². The summed E-state index contributed by atoms with van der Waals surface area (Å²) >= 11 is 0. The standard InChI is InChI=1S/C10H18N2O2/c11-7-8-3-1-5-12(8)10(13)9-4-2-6-14-9/h8-9H,1-7,11H2/t8-,9?/m0/s1. The molecule has 2 heterocycles. The Morgan fingerprint density at radius 2 is 2.29 bits per heavy atom. The van der Waals surface area contributed by atoms with E-state index in [4.69, 9.17) is 10.5 Å². The monoisotopic (exact) mass is 198 g/mol. The summed E-state index contributed by atoms with van der Waals surface area (Å²) < 4.78 is 5.39. The zero-order valence-corrected chi connectivity index (χ0v) is 8.45. The molecule has 4 heteroatoms. The molecule has 0 spiro atoms. The highest BCUT2D eigenvalue weighted by atomic mass is 16.5. The Bertz CT molecular complexity index is 214. The van der Waals surface area contributed by atoms with Crippen LogP contribution in [0.5, 0.6) is 0 Å². The van der Waals surface area contributed by atoms with Crippen LogP contribution in [0, 0.1) is 0 Å². The molecule has 2 fully saturated rings. The second kappa shape index (κ2) is 4.28. The van der Waals surface area contributed by atoms with E-state index in [1.807, 2.05) is 4.90 Å². The van der Waals surface area contributed by atoms with E-state index in [-0.39, 0.29) is 18.1 Å². The lowest BCUT2D eigenvalue weighted by atomic mass is 10.2. The molecule has 4 nitrogen and oxygen atoms in total. The van der Waals surface area contributed by atoms with Crippen LogP contribution < -0.4 is 5.73 Å². The minimum absolute atomic E-state index is 0.162. The Kier molecular flexibility index (Phi) is 3.03. The average Bonchev–Trinajstić information content (AvgIpc) is 2.87. The first-order chi connectivity index (χ1) is 6.83. The van der Waals surface area contributed by atoms with Crippen molar-refractivity contribution in [2.75, 3.05) is 19.7 Å². The quantitative estimate of drug-likeness (QED) is 0.685. The van der Waals surface area contributed by atoms with Gasteiger partial charge in [0.1, 0.15) is 6.10 Å². The number of likely N-dealkylation sites (tertiary alicyclic amines) is 1. The Morgan fingerprint density at radius 1 is 1.43 bits per heavy atom. The van der Waals surface area contributed by atoms with Crippen molar-refractivity contribution >= 4 is 5.91 Å². The number of amides is 1. The van der Waals surface area contributed by atoms with E-state index >= 15 is 0 Å². The van der Waals surface area contributed by atoms with Gasteiger partial charge in [-0.05, 0) is 25.7 Å². The third-order valence-corrected chi connectivity index (χ3v) is 3.14. The maximum absolute atomic E-state index is 12.0. The number of rotatable bonds is 2. The van der Waals surface area contributed by atoms with Gasteiger partial charge in [0.15, 0.2) is 0 Å². The number of nitrogens with two attached hydrogens (primary N) is 1. The molecule has 2 rings (SSSR count). The number of carbonyl (C=O) groups excluding carboxylic acids is 1. The highest BCUT2D eigenvalue weighted by Crippen LogP contribution is 2.21. The molecule has 2 atom stereocenters. The van der Waals surface area contributed by atoms with E-state index in [2.05, 4.69) is 0 Å². The highest BCUT2D eigenvalue weighted by molar-refractivity contribution is 5.81. The summed E-state index contributed by atoms with van der Waals surface area (Å²) in [5.74, 6) is 0.162. The van der Waals surface area contributed by atoms with Gasteiger partial charge in [-0.25, -0.2) is 0 Å². The molecule has 80 valence electrons. The van der Waals surface area contributed by atoms with Gasteiger partial charge in [0.2, 0.25) is 0 Å². The summed E-state index contributed by atoms with van der Waals surface area (Å²) in [6.07, 6.45) is 3.85. The molecular formula is C10H18N2O2. The molecule has 2 N–H and O–H groups in total. The van der Waals surface area contributed by atoms with Crippen LogP contribution in [-0.4, -0.2) is 42.6 Å².